The van der Waals surface area contributed by atoms with E-state index in [-0.39, 0.29) is 5.79 Å². The number of rotatable bonds is 16. The Labute approximate surface area is 168 Å². The standard InChI is InChI=1S/C24H46O3/c1-5-9-10-11-12-13-14-21(24(6-2,25-7-3)26-8-4)17-15-20-16-18-22-23(19-20)27-22/h20-23H,5-19H2,1-4H3. The van der Waals surface area contributed by atoms with Crippen LogP contribution in [0.25, 0.3) is 0 Å². The molecule has 1 heterocycles. The van der Waals surface area contributed by atoms with Gasteiger partial charge in [-0.1, -0.05) is 52.4 Å². The highest BCUT2D eigenvalue weighted by atomic mass is 16.7. The van der Waals surface area contributed by atoms with Crippen LogP contribution in [0.2, 0.25) is 0 Å². The first-order valence-electron chi connectivity index (χ1n) is 12.1. The Hall–Kier alpha value is -0.120. The van der Waals surface area contributed by atoms with E-state index in [2.05, 4.69) is 27.7 Å². The molecular formula is C24H46O3. The molecule has 0 bridgehead atoms. The molecule has 160 valence electrons. The van der Waals surface area contributed by atoms with Gasteiger partial charge in [0.1, 0.15) is 0 Å². The van der Waals surface area contributed by atoms with Crippen LogP contribution < -0.4 is 0 Å². The molecule has 3 heteroatoms. The van der Waals surface area contributed by atoms with Crippen LogP contribution in [0.5, 0.6) is 0 Å². The van der Waals surface area contributed by atoms with Gasteiger partial charge < -0.3 is 14.2 Å². The Kier molecular flexibility index (Phi) is 10.7. The van der Waals surface area contributed by atoms with Crippen molar-refractivity contribution in [2.45, 2.75) is 129 Å². The second-order valence-corrected chi connectivity index (χ2v) is 8.75. The average Bonchev–Trinajstić information content (AvgIpc) is 3.45. The zero-order valence-electron chi connectivity index (χ0n) is 18.6. The fourth-order valence-corrected chi connectivity index (χ4v) is 5.20. The first-order valence-corrected chi connectivity index (χ1v) is 12.1. The van der Waals surface area contributed by atoms with Crippen LogP contribution in [-0.2, 0) is 14.2 Å². The lowest BCUT2D eigenvalue weighted by Gasteiger charge is -2.40. The summed E-state index contributed by atoms with van der Waals surface area (Å²) < 4.78 is 18.3. The molecule has 0 N–H and O–H groups in total. The van der Waals surface area contributed by atoms with Crippen LogP contribution in [0.3, 0.4) is 0 Å². The van der Waals surface area contributed by atoms with Crippen LogP contribution >= 0.6 is 0 Å². The number of hydrogen-bond donors (Lipinski definition) is 0. The summed E-state index contributed by atoms with van der Waals surface area (Å²) in [7, 11) is 0. The van der Waals surface area contributed by atoms with Crippen LogP contribution in [0.1, 0.15) is 111 Å². The highest BCUT2D eigenvalue weighted by Crippen LogP contribution is 2.43. The predicted octanol–water partition coefficient (Wildman–Crippen LogP) is 6.88. The summed E-state index contributed by atoms with van der Waals surface area (Å²) in [6.07, 6.45) is 18.0. The van der Waals surface area contributed by atoms with Crippen LogP contribution in [0.4, 0.5) is 0 Å². The van der Waals surface area contributed by atoms with E-state index in [0.29, 0.717) is 18.1 Å². The molecule has 0 aromatic heterocycles. The summed E-state index contributed by atoms with van der Waals surface area (Å²) in [6, 6.07) is 0. The molecule has 1 saturated carbocycles. The van der Waals surface area contributed by atoms with Gasteiger partial charge in [0.25, 0.3) is 0 Å². The number of hydrogen-bond acceptors (Lipinski definition) is 3. The Balaban J connectivity index is 1.88. The van der Waals surface area contributed by atoms with E-state index in [1.165, 1.54) is 77.0 Å². The highest BCUT2D eigenvalue weighted by molar-refractivity contribution is 4.92. The summed E-state index contributed by atoms with van der Waals surface area (Å²) >= 11 is 0. The van der Waals surface area contributed by atoms with E-state index in [1.807, 2.05) is 0 Å². The third kappa shape index (κ3) is 7.33. The quantitative estimate of drug-likeness (QED) is 0.166. The zero-order valence-corrected chi connectivity index (χ0v) is 18.6. The average molecular weight is 383 g/mol. The smallest absolute Gasteiger partial charge is 0.170 e. The summed E-state index contributed by atoms with van der Waals surface area (Å²) in [5.41, 5.74) is 0. The van der Waals surface area contributed by atoms with Gasteiger partial charge >= 0.3 is 0 Å². The molecule has 0 radical (unpaired) electrons. The molecule has 4 atom stereocenters. The minimum Gasteiger partial charge on any atom is -0.370 e. The largest absolute Gasteiger partial charge is 0.370 e. The molecule has 1 saturated heterocycles. The minimum absolute atomic E-state index is 0.375. The lowest BCUT2D eigenvalue weighted by Crippen LogP contribution is -2.43. The summed E-state index contributed by atoms with van der Waals surface area (Å²) in [5, 5.41) is 0. The van der Waals surface area contributed by atoms with Crippen molar-refractivity contribution in [3.05, 3.63) is 0 Å². The summed E-state index contributed by atoms with van der Waals surface area (Å²) in [6.45, 7) is 10.2. The van der Waals surface area contributed by atoms with E-state index in [1.54, 1.807) is 0 Å². The Morgan fingerprint density at radius 1 is 0.852 bits per heavy atom. The molecule has 2 fully saturated rings. The molecular weight excluding hydrogens is 336 g/mol. The molecule has 2 aliphatic rings. The van der Waals surface area contributed by atoms with Crippen molar-refractivity contribution in [1.82, 2.24) is 0 Å². The number of unbranched alkanes of at least 4 members (excludes halogenated alkanes) is 5. The van der Waals surface area contributed by atoms with Gasteiger partial charge in [0, 0.05) is 19.1 Å². The normalized spacial score (nSPS) is 26.0. The van der Waals surface area contributed by atoms with E-state index in [9.17, 15) is 0 Å². The van der Waals surface area contributed by atoms with Crippen LogP contribution in [0.15, 0.2) is 0 Å². The van der Waals surface area contributed by atoms with Gasteiger partial charge in [0.05, 0.1) is 12.2 Å². The van der Waals surface area contributed by atoms with Gasteiger partial charge in [0.2, 0.25) is 0 Å². The molecule has 2 rings (SSSR count). The van der Waals surface area contributed by atoms with E-state index in [4.69, 9.17) is 14.2 Å². The molecule has 4 unspecified atom stereocenters. The van der Waals surface area contributed by atoms with E-state index in [0.717, 1.165) is 25.6 Å². The Morgan fingerprint density at radius 3 is 2.19 bits per heavy atom. The molecule has 0 spiro atoms. The second kappa shape index (κ2) is 12.4. The predicted molar refractivity (Wildman–Crippen MR) is 113 cm³/mol. The Morgan fingerprint density at radius 2 is 1.56 bits per heavy atom. The van der Waals surface area contributed by atoms with Crippen molar-refractivity contribution in [3.8, 4) is 0 Å². The van der Waals surface area contributed by atoms with Gasteiger partial charge in [0.15, 0.2) is 5.79 Å². The fraction of sp³-hybridized carbons (Fsp3) is 1.00. The molecule has 1 aliphatic carbocycles. The summed E-state index contributed by atoms with van der Waals surface area (Å²) in [4.78, 5) is 0. The third-order valence-corrected chi connectivity index (χ3v) is 6.83. The van der Waals surface area contributed by atoms with Crippen molar-refractivity contribution >= 4 is 0 Å². The maximum Gasteiger partial charge on any atom is 0.170 e. The Bertz CT molecular complexity index is 378. The third-order valence-electron chi connectivity index (χ3n) is 6.83. The summed E-state index contributed by atoms with van der Waals surface area (Å²) in [5.74, 6) is 0.991. The van der Waals surface area contributed by atoms with Gasteiger partial charge in [-0.15, -0.1) is 0 Å². The minimum atomic E-state index is -0.375. The topological polar surface area (TPSA) is 31.0 Å². The maximum absolute atomic E-state index is 6.30. The number of fused-ring (bicyclic) bond motifs is 1. The first kappa shape index (κ1) is 23.2. The van der Waals surface area contributed by atoms with Gasteiger partial charge in [-0.2, -0.15) is 0 Å². The van der Waals surface area contributed by atoms with E-state index < -0.39 is 0 Å². The SMILES string of the molecule is CCCCCCCCC(CCC1CCC2OC2C1)C(CC)(OCC)OCC. The lowest BCUT2D eigenvalue weighted by atomic mass is 9.80. The van der Waals surface area contributed by atoms with Crippen molar-refractivity contribution in [1.29, 1.82) is 0 Å². The lowest BCUT2D eigenvalue weighted by molar-refractivity contribution is -0.268. The van der Waals surface area contributed by atoms with Crippen molar-refractivity contribution in [3.63, 3.8) is 0 Å². The molecule has 0 aromatic rings. The highest BCUT2D eigenvalue weighted by Gasteiger charge is 2.44. The molecule has 0 aromatic carbocycles. The van der Waals surface area contributed by atoms with Crippen molar-refractivity contribution in [2.24, 2.45) is 11.8 Å². The molecule has 1 aliphatic heterocycles. The monoisotopic (exact) mass is 382 g/mol. The van der Waals surface area contributed by atoms with Crippen LogP contribution in [-0.4, -0.2) is 31.2 Å². The second-order valence-electron chi connectivity index (χ2n) is 8.75. The zero-order chi connectivity index (χ0) is 19.5. The maximum atomic E-state index is 6.30. The fourth-order valence-electron chi connectivity index (χ4n) is 5.20. The number of ether oxygens (including phenoxy) is 3. The molecule has 27 heavy (non-hydrogen) atoms. The van der Waals surface area contributed by atoms with Crippen molar-refractivity contribution < 1.29 is 14.2 Å². The molecule has 3 nitrogen and oxygen atoms in total. The molecule has 0 amide bonds. The van der Waals surface area contributed by atoms with E-state index >= 15 is 0 Å². The van der Waals surface area contributed by atoms with Gasteiger partial charge in [-0.3, -0.25) is 0 Å². The first-order chi connectivity index (χ1) is 13.2. The van der Waals surface area contributed by atoms with Crippen molar-refractivity contribution in [2.75, 3.05) is 13.2 Å². The van der Waals surface area contributed by atoms with Gasteiger partial charge in [-0.05, 0) is 64.7 Å². The van der Waals surface area contributed by atoms with Crippen LogP contribution in [0, 0.1) is 11.8 Å². The van der Waals surface area contributed by atoms with Gasteiger partial charge in [-0.25, -0.2) is 0 Å². The number of epoxide rings is 1.